The number of carboxylic acids is 1. The summed E-state index contributed by atoms with van der Waals surface area (Å²) in [6, 6.07) is 6.68. The molecule has 0 aliphatic carbocycles. The molecule has 0 aliphatic rings. The Balaban J connectivity index is 2.37. The Kier molecular flexibility index (Phi) is 6.52. The summed E-state index contributed by atoms with van der Waals surface area (Å²) >= 11 is 0. The molecule has 0 saturated heterocycles. The fraction of sp³-hybridized carbons (Fsp3) is 0.462. The van der Waals surface area contributed by atoms with Crippen LogP contribution < -0.4 is 10.1 Å². The minimum absolute atomic E-state index is 0.143. The van der Waals surface area contributed by atoms with Crippen LogP contribution in [0.3, 0.4) is 0 Å². The molecular formula is C13H19NO4S. The number of benzene rings is 1. The summed E-state index contributed by atoms with van der Waals surface area (Å²) < 4.78 is 16.4. The molecule has 0 spiro atoms. The third kappa shape index (κ3) is 5.85. The van der Waals surface area contributed by atoms with Crippen molar-refractivity contribution in [1.29, 1.82) is 0 Å². The summed E-state index contributed by atoms with van der Waals surface area (Å²) in [7, 11) is -0.828. The molecule has 0 aliphatic heterocycles. The Morgan fingerprint density at radius 1 is 1.47 bits per heavy atom. The second-order valence-corrected chi connectivity index (χ2v) is 5.72. The van der Waals surface area contributed by atoms with Gasteiger partial charge in [-0.1, -0.05) is 12.1 Å². The Morgan fingerprint density at radius 3 is 2.79 bits per heavy atom. The number of hydrogen-bond donors (Lipinski definition) is 2. The van der Waals surface area contributed by atoms with Crippen LogP contribution in [0.1, 0.15) is 17.3 Å². The van der Waals surface area contributed by atoms with E-state index in [2.05, 4.69) is 5.32 Å². The number of hydrogen-bond acceptors (Lipinski definition) is 4. The highest BCUT2D eigenvalue weighted by molar-refractivity contribution is 7.84. The number of aromatic carboxylic acids is 1. The molecule has 0 heterocycles. The summed E-state index contributed by atoms with van der Waals surface area (Å²) in [5.74, 6) is -0.0482. The second kappa shape index (κ2) is 7.91. The van der Waals surface area contributed by atoms with Crippen LogP contribution in [0.5, 0.6) is 5.75 Å². The highest BCUT2D eigenvalue weighted by atomic mass is 32.2. The largest absolute Gasteiger partial charge is 0.491 e. The maximum absolute atomic E-state index is 11.0. The first-order valence-corrected chi connectivity index (χ1v) is 7.72. The minimum atomic E-state index is -1.00. The predicted octanol–water partition coefficient (Wildman–Crippen LogP) is 1.12. The van der Waals surface area contributed by atoms with E-state index < -0.39 is 16.8 Å². The first-order chi connectivity index (χ1) is 9.00. The van der Waals surface area contributed by atoms with Crippen molar-refractivity contribution in [3.8, 4) is 5.75 Å². The lowest BCUT2D eigenvalue weighted by Gasteiger charge is -2.13. The van der Waals surface area contributed by atoms with Crippen molar-refractivity contribution in [2.75, 3.05) is 25.2 Å². The molecule has 106 valence electrons. The Labute approximate surface area is 115 Å². The van der Waals surface area contributed by atoms with Crippen molar-refractivity contribution < 1.29 is 18.8 Å². The second-order valence-electron chi connectivity index (χ2n) is 4.24. The first kappa shape index (κ1) is 15.7. The quantitative estimate of drug-likeness (QED) is 0.700. The third-order valence-electron chi connectivity index (χ3n) is 2.45. The van der Waals surface area contributed by atoms with E-state index in [4.69, 9.17) is 9.84 Å². The van der Waals surface area contributed by atoms with Crippen LogP contribution in [0.25, 0.3) is 0 Å². The molecule has 6 heteroatoms. The van der Waals surface area contributed by atoms with Gasteiger partial charge in [-0.05, 0) is 19.1 Å². The first-order valence-electron chi connectivity index (χ1n) is 5.99. The summed E-state index contributed by atoms with van der Waals surface area (Å²) in [6.07, 6.45) is 1.66. The van der Waals surface area contributed by atoms with Gasteiger partial charge in [0.15, 0.2) is 0 Å². The molecule has 0 fully saturated rings. The lowest BCUT2D eigenvalue weighted by molar-refractivity contribution is 0.0692. The van der Waals surface area contributed by atoms with E-state index in [-0.39, 0.29) is 11.6 Å². The third-order valence-corrected chi connectivity index (χ3v) is 3.42. The molecule has 0 bridgehead atoms. The average molecular weight is 285 g/mol. The SMILES string of the molecule is CC(CS(C)=O)NCCOc1ccccc1C(=O)O. The summed E-state index contributed by atoms with van der Waals surface area (Å²) in [6.45, 7) is 2.89. The van der Waals surface area contributed by atoms with Gasteiger partial charge in [0.05, 0.1) is 0 Å². The molecule has 19 heavy (non-hydrogen) atoms. The van der Waals surface area contributed by atoms with E-state index in [0.717, 1.165) is 0 Å². The van der Waals surface area contributed by atoms with Crippen LogP contribution in [-0.2, 0) is 10.8 Å². The van der Waals surface area contributed by atoms with Gasteiger partial charge >= 0.3 is 5.97 Å². The van der Waals surface area contributed by atoms with Gasteiger partial charge in [0.2, 0.25) is 0 Å². The number of ether oxygens (including phenoxy) is 1. The zero-order valence-corrected chi connectivity index (χ0v) is 11.9. The molecule has 0 radical (unpaired) electrons. The van der Waals surface area contributed by atoms with Gasteiger partial charge in [0, 0.05) is 35.4 Å². The van der Waals surface area contributed by atoms with Gasteiger partial charge in [-0.25, -0.2) is 4.79 Å². The van der Waals surface area contributed by atoms with Crippen molar-refractivity contribution in [1.82, 2.24) is 5.32 Å². The van der Waals surface area contributed by atoms with E-state index in [1.54, 1.807) is 24.5 Å². The van der Waals surface area contributed by atoms with E-state index in [1.165, 1.54) is 6.07 Å². The zero-order chi connectivity index (χ0) is 14.3. The van der Waals surface area contributed by atoms with E-state index in [9.17, 15) is 9.00 Å². The molecule has 5 nitrogen and oxygen atoms in total. The van der Waals surface area contributed by atoms with Gasteiger partial charge in [0.25, 0.3) is 0 Å². The lowest BCUT2D eigenvalue weighted by atomic mass is 10.2. The fourth-order valence-corrected chi connectivity index (χ4v) is 2.47. The number of para-hydroxylation sites is 1. The Morgan fingerprint density at radius 2 is 2.16 bits per heavy atom. The van der Waals surface area contributed by atoms with Crippen molar-refractivity contribution >= 4 is 16.8 Å². The highest BCUT2D eigenvalue weighted by Crippen LogP contribution is 2.17. The van der Waals surface area contributed by atoms with Gasteiger partial charge in [-0.15, -0.1) is 0 Å². The maximum atomic E-state index is 11.0. The summed E-state index contributed by atoms with van der Waals surface area (Å²) in [5, 5.41) is 12.1. The molecule has 0 aromatic heterocycles. The minimum Gasteiger partial charge on any atom is -0.491 e. The maximum Gasteiger partial charge on any atom is 0.339 e. The van der Waals surface area contributed by atoms with Crippen LogP contribution in [0.4, 0.5) is 0 Å². The van der Waals surface area contributed by atoms with E-state index in [0.29, 0.717) is 24.7 Å². The van der Waals surface area contributed by atoms with Crippen LogP contribution in [-0.4, -0.2) is 46.5 Å². The predicted molar refractivity (Wildman–Crippen MR) is 75.3 cm³/mol. The van der Waals surface area contributed by atoms with Crippen molar-refractivity contribution in [3.63, 3.8) is 0 Å². The molecule has 2 N–H and O–H groups in total. The zero-order valence-electron chi connectivity index (χ0n) is 11.1. The van der Waals surface area contributed by atoms with Gasteiger partial charge < -0.3 is 15.2 Å². The Hall–Kier alpha value is -1.40. The molecule has 0 saturated carbocycles. The van der Waals surface area contributed by atoms with E-state index in [1.807, 2.05) is 6.92 Å². The lowest BCUT2D eigenvalue weighted by Crippen LogP contribution is -2.34. The highest BCUT2D eigenvalue weighted by Gasteiger charge is 2.10. The molecule has 1 rings (SSSR count). The van der Waals surface area contributed by atoms with Crippen LogP contribution >= 0.6 is 0 Å². The summed E-state index contributed by atoms with van der Waals surface area (Å²) in [5.41, 5.74) is 0.158. The van der Waals surface area contributed by atoms with Crippen LogP contribution in [0, 0.1) is 0 Å². The number of carbonyl (C=O) groups is 1. The van der Waals surface area contributed by atoms with Crippen LogP contribution in [0.2, 0.25) is 0 Å². The monoisotopic (exact) mass is 285 g/mol. The van der Waals surface area contributed by atoms with Crippen molar-refractivity contribution in [2.24, 2.45) is 0 Å². The van der Waals surface area contributed by atoms with Gasteiger partial charge in [-0.3, -0.25) is 4.21 Å². The smallest absolute Gasteiger partial charge is 0.339 e. The summed E-state index contributed by atoms with van der Waals surface area (Å²) in [4.78, 5) is 11.0. The average Bonchev–Trinajstić information content (AvgIpc) is 2.34. The topological polar surface area (TPSA) is 75.6 Å². The number of rotatable bonds is 8. The number of carboxylic acid groups (broad SMARTS) is 1. The molecule has 2 atom stereocenters. The molecule has 2 unspecified atom stereocenters. The molecule has 0 amide bonds. The fourth-order valence-electron chi connectivity index (χ4n) is 1.65. The van der Waals surface area contributed by atoms with Crippen molar-refractivity contribution in [3.05, 3.63) is 29.8 Å². The Bertz CT molecular complexity index is 450. The van der Waals surface area contributed by atoms with Gasteiger partial charge in [0.1, 0.15) is 17.9 Å². The molecule has 1 aromatic carbocycles. The van der Waals surface area contributed by atoms with E-state index >= 15 is 0 Å². The molecular weight excluding hydrogens is 266 g/mol. The van der Waals surface area contributed by atoms with Gasteiger partial charge in [-0.2, -0.15) is 0 Å². The van der Waals surface area contributed by atoms with Crippen LogP contribution in [0.15, 0.2) is 24.3 Å². The standard InChI is InChI=1S/C13H19NO4S/c1-10(9-19(2)17)14-7-8-18-12-6-4-3-5-11(12)13(15)16/h3-6,10,14H,7-9H2,1-2H3,(H,15,16). The number of nitrogens with one attached hydrogen (secondary N) is 1. The molecule has 1 aromatic rings. The van der Waals surface area contributed by atoms with Crippen molar-refractivity contribution in [2.45, 2.75) is 13.0 Å². The normalized spacial score (nSPS) is 13.8.